The van der Waals surface area contributed by atoms with E-state index in [4.69, 9.17) is 10.8 Å². The molecule has 1 aliphatic rings. The number of rotatable bonds is 2. The lowest BCUT2D eigenvalue weighted by Gasteiger charge is -2.16. The Hall–Kier alpha value is -1.83. The van der Waals surface area contributed by atoms with Crippen molar-refractivity contribution < 1.29 is 9.90 Å². The minimum absolute atomic E-state index is 0.0109. The fourth-order valence-corrected chi connectivity index (χ4v) is 2.38. The number of likely N-dealkylation sites (tertiary alicyclic amines) is 1. The van der Waals surface area contributed by atoms with Crippen LogP contribution in [-0.2, 0) is 0 Å². The number of hydrogen-bond acceptors (Lipinski definition) is 3. The number of carbonyl (C=O) groups is 1. The molecule has 1 aliphatic heterocycles. The molecule has 1 heterocycles. The number of nitrogens with two attached hydrogens (primary N) is 1. The summed E-state index contributed by atoms with van der Waals surface area (Å²) in [4.78, 5) is 14.2. The second-order valence-corrected chi connectivity index (χ2v) is 5.12. The molecule has 0 bridgehead atoms. The molecule has 1 unspecified atom stereocenters. The summed E-state index contributed by atoms with van der Waals surface area (Å²) in [5.74, 6) is 6.03. The first kappa shape index (κ1) is 14.6. The number of hydrogen-bond donors (Lipinski definition) is 2. The summed E-state index contributed by atoms with van der Waals surface area (Å²) in [6.45, 7) is 3.76. The molecular weight excluding hydrogens is 252 g/mol. The molecule has 0 radical (unpaired) electrons. The molecule has 3 N–H and O–H groups in total. The number of amides is 1. The van der Waals surface area contributed by atoms with E-state index in [1.807, 2.05) is 25.1 Å². The highest BCUT2D eigenvalue weighted by Gasteiger charge is 2.26. The van der Waals surface area contributed by atoms with Gasteiger partial charge in [-0.05, 0) is 31.0 Å². The summed E-state index contributed by atoms with van der Waals surface area (Å²) < 4.78 is 0. The SMILES string of the molecule is Cc1ccc(C(=O)N2CCC(CO)C2)cc1C#CCN. The van der Waals surface area contributed by atoms with Crippen LogP contribution in [0.4, 0.5) is 0 Å². The minimum atomic E-state index is 0.0109. The zero-order chi connectivity index (χ0) is 14.5. The standard InChI is InChI=1S/C16H20N2O2/c1-12-4-5-15(9-14(12)3-2-7-17)16(20)18-8-6-13(10-18)11-19/h4-5,9,13,19H,6-8,10-11,17H2,1H3. The van der Waals surface area contributed by atoms with Gasteiger partial charge in [-0.3, -0.25) is 4.79 Å². The lowest BCUT2D eigenvalue weighted by molar-refractivity contribution is 0.0782. The van der Waals surface area contributed by atoms with Gasteiger partial charge in [-0.25, -0.2) is 0 Å². The smallest absolute Gasteiger partial charge is 0.253 e. The van der Waals surface area contributed by atoms with Crippen molar-refractivity contribution >= 4 is 5.91 Å². The first-order chi connectivity index (χ1) is 9.65. The molecule has 1 aromatic carbocycles. The van der Waals surface area contributed by atoms with Gasteiger partial charge in [0.2, 0.25) is 0 Å². The third kappa shape index (κ3) is 3.19. The maximum absolute atomic E-state index is 12.4. The molecule has 1 atom stereocenters. The van der Waals surface area contributed by atoms with E-state index in [-0.39, 0.29) is 18.4 Å². The van der Waals surface area contributed by atoms with E-state index in [9.17, 15) is 4.79 Å². The number of nitrogens with zero attached hydrogens (tertiary/aromatic N) is 1. The van der Waals surface area contributed by atoms with Gasteiger partial charge in [-0.1, -0.05) is 17.9 Å². The minimum Gasteiger partial charge on any atom is -0.396 e. The Morgan fingerprint density at radius 3 is 3.00 bits per heavy atom. The Morgan fingerprint density at radius 1 is 1.55 bits per heavy atom. The fourth-order valence-electron chi connectivity index (χ4n) is 2.38. The van der Waals surface area contributed by atoms with Gasteiger partial charge in [0, 0.05) is 36.7 Å². The molecule has 1 aromatic rings. The van der Waals surface area contributed by atoms with Crippen molar-refractivity contribution in [3.05, 3.63) is 34.9 Å². The van der Waals surface area contributed by atoms with Crippen LogP contribution >= 0.6 is 0 Å². The first-order valence-corrected chi connectivity index (χ1v) is 6.85. The van der Waals surface area contributed by atoms with Gasteiger partial charge in [0.25, 0.3) is 5.91 Å². The highest BCUT2D eigenvalue weighted by atomic mass is 16.3. The average molecular weight is 272 g/mol. The molecule has 1 amide bonds. The third-order valence-electron chi connectivity index (χ3n) is 3.64. The Balaban J connectivity index is 2.18. The summed E-state index contributed by atoms with van der Waals surface area (Å²) in [7, 11) is 0. The van der Waals surface area contributed by atoms with Gasteiger partial charge in [-0.15, -0.1) is 0 Å². The number of carbonyl (C=O) groups excluding carboxylic acids is 1. The molecule has 4 nitrogen and oxygen atoms in total. The van der Waals surface area contributed by atoms with E-state index < -0.39 is 0 Å². The number of aliphatic hydroxyl groups excluding tert-OH is 1. The fraction of sp³-hybridized carbons (Fsp3) is 0.438. The predicted molar refractivity (Wildman–Crippen MR) is 78.2 cm³/mol. The normalized spacial score (nSPS) is 17.8. The number of aliphatic hydroxyl groups is 1. The second-order valence-electron chi connectivity index (χ2n) is 5.12. The number of aryl methyl sites for hydroxylation is 1. The van der Waals surface area contributed by atoms with E-state index >= 15 is 0 Å². The largest absolute Gasteiger partial charge is 0.396 e. The lowest BCUT2D eigenvalue weighted by Crippen LogP contribution is -2.29. The maximum atomic E-state index is 12.4. The van der Waals surface area contributed by atoms with Crippen molar-refractivity contribution in [1.29, 1.82) is 0 Å². The first-order valence-electron chi connectivity index (χ1n) is 6.85. The van der Waals surface area contributed by atoms with Gasteiger partial charge in [0.1, 0.15) is 0 Å². The Morgan fingerprint density at radius 2 is 2.35 bits per heavy atom. The van der Waals surface area contributed by atoms with E-state index in [0.717, 1.165) is 17.5 Å². The molecule has 0 aliphatic carbocycles. The maximum Gasteiger partial charge on any atom is 0.253 e. The van der Waals surface area contributed by atoms with Crippen molar-refractivity contribution in [3.63, 3.8) is 0 Å². The van der Waals surface area contributed by atoms with Gasteiger partial charge in [-0.2, -0.15) is 0 Å². The van der Waals surface area contributed by atoms with Crippen molar-refractivity contribution in [1.82, 2.24) is 4.90 Å². The molecule has 106 valence electrons. The Bertz CT molecular complexity index is 557. The highest BCUT2D eigenvalue weighted by Crippen LogP contribution is 2.19. The van der Waals surface area contributed by atoms with Crippen molar-refractivity contribution in [3.8, 4) is 11.8 Å². The van der Waals surface area contributed by atoms with Crippen molar-refractivity contribution in [2.24, 2.45) is 11.7 Å². The Kier molecular flexibility index (Phi) is 4.78. The molecule has 0 saturated carbocycles. The van der Waals surface area contributed by atoms with E-state index in [2.05, 4.69) is 11.8 Å². The molecule has 4 heteroatoms. The molecular formula is C16H20N2O2. The lowest BCUT2D eigenvalue weighted by atomic mass is 10.0. The third-order valence-corrected chi connectivity index (χ3v) is 3.64. The summed E-state index contributed by atoms with van der Waals surface area (Å²) in [5, 5.41) is 9.15. The van der Waals surface area contributed by atoms with Crippen molar-refractivity contribution in [2.75, 3.05) is 26.2 Å². The van der Waals surface area contributed by atoms with Gasteiger partial charge < -0.3 is 15.7 Å². The van der Waals surface area contributed by atoms with Crippen LogP contribution in [-0.4, -0.2) is 42.2 Å². The zero-order valence-electron chi connectivity index (χ0n) is 11.7. The van der Waals surface area contributed by atoms with Crippen molar-refractivity contribution in [2.45, 2.75) is 13.3 Å². The topological polar surface area (TPSA) is 66.6 Å². The van der Waals surface area contributed by atoms with Gasteiger partial charge in [0.15, 0.2) is 0 Å². The Labute approximate surface area is 119 Å². The molecule has 0 spiro atoms. The summed E-state index contributed by atoms with van der Waals surface area (Å²) in [6, 6.07) is 5.57. The predicted octanol–water partition coefficient (Wildman–Crippen LogP) is 0.760. The van der Waals surface area contributed by atoms with Crippen LogP contribution in [0.25, 0.3) is 0 Å². The summed E-state index contributed by atoms with van der Waals surface area (Å²) >= 11 is 0. The van der Waals surface area contributed by atoms with Gasteiger partial charge in [0.05, 0.1) is 6.54 Å². The van der Waals surface area contributed by atoms with Crippen LogP contribution in [0.2, 0.25) is 0 Å². The molecule has 2 rings (SSSR count). The van der Waals surface area contributed by atoms with E-state index in [1.54, 1.807) is 4.90 Å². The van der Waals surface area contributed by atoms with Crippen LogP contribution in [0.5, 0.6) is 0 Å². The monoisotopic (exact) mass is 272 g/mol. The zero-order valence-corrected chi connectivity index (χ0v) is 11.7. The molecule has 1 fully saturated rings. The van der Waals surface area contributed by atoms with Gasteiger partial charge >= 0.3 is 0 Å². The highest BCUT2D eigenvalue weighted by molar-refractivity contribution is 5.94. The number of benzene rings is 1. The summed E-state index contributed by atoms with van der Waals surface area (Å²) in [6.07, 6.45) is 0.869. The van der Waals surface area contributed by atoms with Crippen LogP contribution in [0, 0.1) is 24.7 Å². The molecule has 20 heavy (non-hydrogen) atoms. The van der Waals surface area contributed by atoms with Crippen LogP contribution < -0.4 is 5.73 Å². The summed E-state index contributed by atoms with van der Waals surface area (Å²) in [5.41, 5.74) is 7.92. The van der Waals surface area contributed by atoms with E-state index in [0.29, 0.717) is 25.2 Å². The molecule has 0 aromatic heterocycles. The average Bonchev–Trinajstić information content (AvgIpc) is 2.94. The second kappa shape index (κ2) is 6.56. The molecule has 1 saturated heterocycles. The van der Waals surface area contributed by atoms with Crippen LogP contribution in [0.3, 0.4) is 0 Å². The van der Waals surface area contributed by atoms with Crippen LogP contribution in [0.1, 0.15) is 27.9 Å². The quantitative estimate of drug-likeness (QED) is 0.781. The van der Waals surface area contributed by atoms with E-state index in [1.165, 1.54) is 0 Å². The van der Waals surface area contributed by atoms with Crippen LogP contribution in [0.15, 0.2) is 18.2 Å².